The van der Waals surface area contributed by atoms with Gasteiger partial charge < -0.3 is 14.2 Å². The summed E-state index contributed by atoms with van der Waals surface area (Å²) < 4.78 is 10.6. The van der Waals surface area contributed by atoms with Crippen LogP contribution in [0.15, 0.2) is 29.0 Å². The summed E-state index contributed by atoms with van der Waals surface area (Å²) in [5.74, 6) is 0.940. The molecule has 0 spiro atoms. The van der Waals surface area contributed by atoms with Crippen LogP contribution in [0.5, 0.6) is 5.88 Å². The molecular formula is C13H14N4O3. The largest absolute Gasteiger partial charge is 0.471 e. The van der Waals surface area contributed by atoms with Gasteiger partial charge in [-0.25, -0.2) is 0 Å². The van der Waals surface area contributed by atoms with Gasteiger partial charge in [-0.3, -0.25) is 4.79 Å². The van der Waals surface area contributed by atoms with E-state index in [2.05, 4.69) is 15.4 Å². The minimum absolute atomic E-state index is 0.0594. The molecule has 0 saturated carbocycles. The monoisotopic (exact) mass is 274 g/mol. The van der Waals surface area contributed by atoms with Crippen molar-refractivity contribution in [2.45, 2.75) is 19.4 Å². The van der Waals surface area contributed by atoms with E-state index in [9.17, 15) is 4.79 Å². The lowest BCUT2D eigenvalue weighted by Gasteiger charge is -2.16. The zero-order valence-corrected chi connectivity index (χ0v) is 11.0. The standard InChI is InChI=1S/C13H14N4O3/c1-9-11(7-15-20-9)13(18)17-6-4-10(8-17)19-12-3-2-5-14-16-12/h2-3,5,7,10H,4,6,8H2,1H3. The number of amides is 1. The van der Waals surface area contributed by atoms with E-state index in [1.807, 2.05) is 0 Å². The highest BCUT2D eigenvalue weighted by atomic mass is 16.5. The van der Waals surface area contributed by atoms with Crippen LogP contribution < -0.4 is 4.74 Å². The summed E-state index contributed by atoms with van der Waals surface area (Å²) >= 11 is 0. The number of ether oxygens (including phenoxy) is 1. The number of aryl methyl sites for hydroxylation is 1. The van der Waals surface area contributed by atoms with E-state index < -0.39 is 0 Å². The molecule has 7 heteroatoms. The second kappa shape index (κ2) is 5.28. The second-order valence-corrected chi connectivity index (χ2v) is 4.64. The number of likely N-dealkylation sites (tertiary alicyclic amines) is 1. The first-order valence-electron chi connectivity index (χ1n) is 6.39. The van der Waals surface area contributed by atoms with Gasteiger partial charge in [-0.1, -0.05) is 5.16 Å². The third kappa shape index (κ3) is 2.47. The second-order valence-electron chi connectivity index (χ2n) is 4.64. The fraction of sp³-hybridized carbons (Fsp3) is 0.385. The summed E-state index contributed by atoms with van der Waals surface area (Å²) in [6, 6.07) is 3.52. The molecule has 3 heterocycles. The maximum Gasteiger partial charge on any atom is 0.259 e. The molecule has 0 aromatic carbocycles. The van der Waals surface area contributed by atoms with Gasteiger partial charge in [0.25, 0.3) is 5.91 Å². The topological polar surface area (TPSA) is 81.4 Å². The average molecular weight is 274 g/mol. The number of hydrogen-bond acceptors (Lipinski definition) is 6. The van der Waals surface area contributed by atoms with Crippen molar-refractivity contribution < 1.29 is 14.1 Å². The minimum atomic E-state index is -0.0750. The number of hydrogen-bond donors (Lipinski definition) is 0. The van der Waals surface area contributed by atoms with Gasteiger partial charge in [-0.15, -0.1) is 5.10 Å². The van der Waals surface area contributed by atoms with Crippen LogP contribution in [0.1, 0.15) is 22.5 Å². The van der Waals surface area contributed by atoms with Crippen LogP contribution in [0.3, 0.4) is 0 Å². The van der Waals surface area contributed by atoms with E-state index in [0.29, 0.717) is 30.3 Å². The van der Waals surface area contributed by atoms with Crippen molar-refractivity contribution in [3.63, 3.8) is 0 Å². The zero-order chi connectivity index (χ0) is 13.9. The molecule has 1 atom stereocenters. The molecule has 0 radical (unpaired) electrons. The molecule has 0 aliphatic carbocycles. The molecule has 0 N–H and O–H groups in total. The highest BCUT2D eigenvalue weighted by Crippen LogP contribution is 2.19. The van der Waals surface area contributed by atoms with Crippen molar-refractivity contribution in [3.05, 3.63) is 35.9 Å². The van der Waals surface area contributed by atoms with E-state index in [4.69, 9.17) is 9.26 Å². The van der Waals surface area contributed by atoms with Gasteiger partial charge in [0.1, 0.15) is 17.4 Å². The molecule has 3 rings (SSSR count). The SMILES string of the molecule is Cc1oncc1C(=O)N1CCC(Oc2cccnn2)C1. The lowest BCUT2D eigenvalue weighted by atomic mass is 10.2. The van der Waals surface area contributed by atoms with E-state index in [-0.39, 0.29) is 12.0 Å². The predicted octanol–water partition coefficient (Wildman–Crippen LogP) is 1.07. The molecule has 2 aromatic heterocycles. The molecule has 1 aliphatic rings. The van der Waals surface area contributed by atoms with Gasteiger partial charge in [-0.05, 0) is 13.0 Å². The summed E-state index contributed by atoms with van der Waals surface area (Å²) in [6.45, 7) is 2.90. The maximum atomic E-state index is 12.3. The Balaban J connectivity index is 1.62. The normalized spacial score (nSPS) is 18.2. The van der Waals surface area contributed by atoms with Crippen LogP contribution in [-0.2, 0) is 0 Å². The zero-order valence-electron chi connectivity index (χ0n) is 11.0. The van der Waals surface area contributed by atoms with Crippen molar-refractivity contribution in [3.8, 4) is 5.88 Å². The lowest BCUT2D eigenvalue weighted by Crippen LogP contribution is -2.31. The van der Waals surface area contributed by atoms with E-state index in [1.54, 1.807) is 30.2 Å². The van der Waals surface area contributed by atoms with Crippen molar-refractivity contribution in [2.75, 3.05) is 13.1 Å². The molecule has 20 heavy (non-hydrogen) atoms. The van der Waals surface area contributed by atoms with E-state index >= 15 is 0 Å². The molecule has 104 valence electrons. The number of carbonyl (C=O) groups is 1. The van der Waals surface area contributed by atoms with Gasteiger partial charge in [0.05, 0.1) is 12.7 Å². The van der Waals surface area contributed by atoms with Gasteiger partial charge in [-0.2, -0.15) is 5.10 Å². The lowest BCUT2D eigenvalue weighted by molar-refractivity contribution is 0.0769. The summed E-state index contributed by atoms with van der Waals surface area (Å²) in [7, 11) is 0. The smallest absolute Gasteiger partial charge is 0.259 e. The Hall–Kier alpha value is -2.44. The molecule has 1 unspecified atom stereocenters. The summed E-state index contributed by atoms with van der Waals surface area (Å²) in [5, 5.41) is 11.3. The number of nitrogens with zero attached hydrogens (tertiary/aromatic N) is 4. The van der Waals surface area contributed by atoms with E-state index in [0.717, 1.165) is 6.42 Å². The quantitative estimate of drug-likeness (QED) is 0.832. The van der Waals surface area contributed by atoms with Crippen molar-refractivity contribution in [2.24, 2.45) is 0 Å². The van der Waals surface area contributed by atoms with Crippen molar-refractivity contribution in [1.82, 2.24) is 20.3 Å². The molecule has 0 bridgehead atoms. The van der Waals surface area contributed by atoms with Crippen LogP contribution >= 0.6 is 0 Å². The highest BCUT2D eigenvalue weighted by Gasteiger charge is 2.30. The van der Waals surface area contributed by atoms with Crippen LogP contribution in [0, 0.1) is 6.92 Å². The third-order valence-corrected chi connectivity index (χ3v) is 3.25. The first-order valence-corrected chi connectivity index (χ1v) is 6.39. The maximum absolute atomic E-state index is 12.3. The molecular weight excluding hydrogens is 260 g/mol. The highest BCUT2D eigenvalue weighted by molar-refractivity contribution is 5.94. The first-order chi connectivity index (χ1) is 9.74. The first kappa shape index (κ1) is 12.6. The number of carbonyl (C=O) groups excluding carboxylic acids is 1. The Morgan fingerprint density at radius 1 is 1.55 bits per heavy atom. The third-order valence-electron chi connectivity index (χ3n) is 3.25. The van der Waals surface area contributed by atoms with Crippen LogP contribution in [0.2, 0.25) is 0 Å². The van der Waals surface area contributed by atoms with Gasteiger partial charge in [0.2, 0.25) is 5.88 Å². The summed E-state index contributed by atoms with van der Waals surface area (Å²) in [6.07, 6.45) is 3.75. The minimum Gasteiger partial charge on any atom is -0.471 e. The summed E-state index contributed by atoms with van der Waals surface area (Å²) in [5.41, 5.74) is 0.505. The molecule has 7 nitrogen and oxygen atoms in total. The van der Waals surface area contributed by atoms with Crippen molar-refractivity contribution >= 4 is 5.91 Å². The molecule has 1 amide bonds. The number of rotatable bonds is 3. The van der Waals surface area contributed by atoms with Crippen LogP contribution in [0.4, 0.5) is 0 Å². The van der Waals surface area contributed by atoms with E-state index in [1.165, 1.54) is 6.20 Å². The Morgan fingerprint density at radius 2 is 2.45 bits per heavy atom. The Kier molecular flexibility index (Phi) is 3.32. The fourth-order valence-corrected chi connectivity index (χ4v) is 2.20. The van der Waals surface area contributed by atoms with Crippen molar-refractivity contribution in [1.29, 1.82) is 0 Å². The Bertz CT molecular complexity index is 599. The van der Waals surface area contributed by atoms with Crippen LogP contribution in [0.25, 0.3) is 0 Å². The Morgan fingerprint density at radius 3 is 3.15 bits per heavy atom. The van der Waals surface area contributed by atoms with Gasteiger partial charge in [0, 0.05) is 25.2 Å². The number of aromatic nitrogens is 3. The average Bonchev–Trinajstić information content (AvgIpc) is 3.08. The van der Waals surface area contributed by atoms with Gasteiger partial charge >= 0.3 is 0 Å². The molecule has 1 saturated heterocycles. The fourth-order valence-electron chi connectivity index (χ4n) is 2.20. The Labute approximate surface area is 115 Å². The van der Waals surface area contributed by atoms with Crippen LogP contribution in [-0.4, -0.2) is 45.4 Å². The summed E-state index contributed by atoms with van der Waals surface area (Å²) in [4.78, 5) is 14.0. The molecule has 2 aromatic rings. The predicted molar refractivity (Wildman–Crippen MR) is 68.2 cm³/mol. The molecule has 1 aliphatic heterocycles. The van der Waals surface area contributed by atoms with Gasteiger partial charge in [0.15, 0.2) is 0 Å². The molecule has 1 fully saturated rings.